The first kappa shape index (κ1) is 5.09. The van der Waals surface area contributed by atoms with Crippen LogP contribution in [0.4, 0.5) is 0 Å². The molecule has 1 rings (SSSR count). The molecule has 1 fully saturated rings. The van der Waals surface area contributed by atoms with E-state index in [0.717, 1.165) is 0 Å². The Morgan fingerprint density at radius 2 is 2.14 bits per heavy atom. The fraction of sp³-hybridized carbons (Fsp3) is 0.750. The van der Waals surface area contributed by atoms with Gasteiger partial charge in [0, 0.05) is 0 Å². The van der Waals surface area contributed by atoms with Crippen molar-refractivity contribution >= 4 is 9.84 Å². The highest BCUT2D eigenvalue weighted by Crippen LogP contribution is 2.07. The molecule has 0 aromatic carbocycles. The van der Waals surface area contributed by atoms with Crippen molar-refractivity contribution in [2.75, 3.05) is 11.5 Å². The minimum absolute atomic E-state index is 0.174. The standard InChI is InChI=1S/C4H6O2S/c5-7(6)3-1-2-4-7/h1,3-4H2. The fourth-order valence-electron chi connectivity index (χ4n) is 0.528. The monoisotopic (exact) mass is 118 g/mol. The van der Waals surface area contributed by atoms with Gasteiger partial charge in [-0.1, -0.05) is 0 Å². The average Bonchev–Trinajstić information content (AvgIpc) is 1.84. The quantitative estimate of drug-likeness (QED) is 0.444. The lowest BCUT2D eigenvalue weighted by molar-refractivity contribution is 0.602. The highest BCUT2D eigenvalue weighted by Gasteiger charge is 2.16. The minimum atomic E-state index is -2.66. The molecule has 2 nitrogen and oxygen atoms in total. The van der Waals surface area contributed by atoms with Crippen LogP contribution in [0.2, 0.25) is 0 Å². The third-order valence-corrected chi connectivity index (χ3v) is 2.38. The maximum Gasteiger partial charge on any atom is 0.150 e. The van der Waals surface area contributed by atoms with E-state index in [0.29, 0.717) is 12.2 Å². The predicted molar refractivity (Wildman–Crippen MR) is 26.5 cm³/mol. The van der Waals surface area contributed by atoms with Gasteiger partial charge in [-0.15, -0.1) is 0 Å². The Hall–Kier alpha value is -0.0500. The van der Waals surface area contributed by atoms with Crippen LogP contribution in [0.15, 0.2) is 0 Å². The first-order valence-electron chi connectivity index (χ1n) is 2.12. The molecule has 0 bridgehead atoms. The summed E-state index contributed by atoms with van der Waals surface area (Å²) in [7, 11) is -2.66. The lowest BCUT2D eigenvalue weighted by Gasteiger charge is -1.81. The molecule has 2 radical (unpaired) electrons. The van der Waals surface area contributed by atoms with Gasteiger partial charge >= 0.3 is 0 Å². The number of sulfone groups is 1. The summed E-state index contributed by atoms with van der Waals surface area (Å²) in [6.07, 6.45) is 3.35. The first-order valence-corrected chi connectivity index (χ1v) is 3.94. The normalized spacial score (nSPS) is 28.0. The Balaban J connectivity index is 2.76. The lowest BCUT2D eigenvalue weighted by atomic mass is 10.4. The summed E-state index contributed by atoms with van der Waals surface area (Å²) >= 11 is 0. The zero-order chi connectivity index (χ0) is 5.33. The summed E-state index contributed by atoms with van der Waals surface area (Å²) in [5, 5.41) is 0. The molecule has 40 valence electrons. The summed E-state index contributed by atoms with van der Waals surface area (Å²) in [6.45, 7) is 0. The van der Waals surface area contributed by atoms with Crippen molar-refractivity contribution < 1.29 is 8.42 Å². The molecule has 0 saturated carbocycles. The van der Waals surface area contributed by atoms with E-state index in [1.807, 2.05) is 0 Å². The van der Waals surface area contributed by atoms with Gasteiger partial charge in [-0.3, -0.25) is 0 Å². The molecule has 0 atom stereocenters. The number of hydrogen-bond donors (Lipinski definition) is 0. The number of rotatable bonds is 0. The Kier molecular flexibility index (Phi) is 1.07. The van der Waals surface area contributed by atoms with Crippen LogP contribution in [-0.2, 0) is 9.84 Å². The Labute approximate surface area is 43.5 Å². The molecular formula is C4H6O2S. The van der Waals surface area contributed by atoms with Crippen LogP contribution in [0.25, 0.3) is 0 Å². The Morgan fingerprint density at radius 1 is 1.43 bits per heavy atom. The van der Waals surface area contributed by atoms with Gasteiger partial charge in [-0.05, 0) is 12.8 Å². The van der Waals surface area contributed by atoms with Crippen molar-refractivity contribution in [2.24, 2.45) is 0 Å². The summed E-state index contributed by atoms with van der Waals surface area (Å²) in [5.74, 6) is 0.486. The van der Waals surface area contributed by atoms with E-state index in [-0.39, 0.29) is 5.75 Å². The largest absolute Gasteiger partial charge is 0.229 e. The molecule has 7 heavy (non-hydrogen) atoms. The van der Waals surface area contributed by atoms with E-state index in [2.05, 4.69) is 6.42 Å². The Morgan fingerprint density at radius 3 is 2.29 bits per heavy atom. The predicted octanol–water partition coefficient (Wildman–Crippen LogP) is -0.114. The van der Waals surface area contributed by atoms with Gasteiger partial charge in [0.15, 0.2) is 9.84 Å². The second-order valence-corrected chi connectivity index (χ2v) is 3.78. The average molecular weight is 118 g/mol. The lowest BCUT2D eigenvalue weighted by Crippen LogP contribution is -1.98. The van der Waals surface area contributed by atoms with E-state index in [9.17, 15) is 8.42 Å². The van der Waals surface area contributed by atoms with Gasteiger partial charge in [0.1, 0.15) is 0 Å². The molecule has 0 spiro atoms. The van der Waals surface area contributed by atoms with Crippen molar-refractivity contribution in [1.29, 1.82) is 0 Å². The highest BCUT2D eigenvalue weighted by atomic mass is 32.2. The second-order valence-electron chi connectivity index (χ2n) is 1.59. The molecule has 0 unspecified atom stereocenters. The topological polar surface area (TPSA) is 34.1 Å². The van der Waals surface area contributed by atoms with Crippen LogP contribution in [0.3, 0.4) is 0 Å². The van der Waals surface area contributed by atoms with Gasteiger partial charge in [-0.25, -0.2) is 8.42 Å². The molecule has 0 aliphatic carbocycles. The highest BCUT2D eigenvalue weighted by molar-refractivity contribution is 7.91. The zero-order valence-corrected chi connectivity index (χ0v) is 4.66. The molecule has 0 aromatic heterocycles. The van der Waals surface area contributed by atoms with E-state index >= 15 is 0 Å². The van der Waals surface area contributed by atoms with E-state index in [4.69, 9.17) is 0 Å². The van der Waals surface area contributed by atoms with Crippen LogP contribution in [-0.4, -0.2) is 19.9 Å². The number of hydrogen-bond acceptors (Lipinski definition) is 2. The van der Waals surface area contributed by atoms with E-state index in [1.54, 1.807) is 0 Å². The molecule has 1 aliphatic rings. The third-order valence-electron chi connectivity index (χ3n) is 0.912. The molecule has 0 aromatic rings. The SMILES string of the molecule is O=S1(=O)C[C]CC1. The van der Waals surface area contributed by atoms with Crippen molar-refractivity contribution in [3.05, 3.63) is 6.42 Å². The van der Waals surface area contributed by atoms with Crippen molar-refractivity contribution in [3.63, 3.8) is 0 Å². The molecule has 1 aliphatic heterocycles. The molecule has 0 amide bonds. The molecular weight excluding hydrogens is 112 g/mol. The fourth-order valence-corrected chi connectivity index (χ4v) is 1.58. The van der Waals surface area contributed by atoms with Crippen molar-refractivity contribution in [1.82, 2.24) is 0 Å². The maximum atomic E-state index is 10.4. The first-order chi connectivity index (χ1) is 3.21. The molecule has 0 N–H and O–H groups in total. The summed E-state index contributed by atoms with van der Waals surface area (Å²) in [6, 6.07) is 0. The van der Waals surface area contributed by atoms with Gasteiger partial charge in [0.25, 0.3) is 0 Å². The van der Waals surface area contributed by atoms with E-state index < -0.39 is 9.84 Å². The van der Waals surface area contributed by atoms with Crippen LogP contribution >= 0.6 is 0 Å². The van der Waals surface area contributed by atoms with Gasteiger partial charge in [0.05, 0.1) is 11.5 Å². The smallest absolute Gasteiger partial charge is 0.150 e. The summed E-state index contributed by atoms with van der Waals surface area (Å²) in [4.78, 5) is 0. The maximum absolute atomic E-state index is 10.4. The van der Waals surface area contributed by atoms with Crippen LogP contribution in [0, 0.1) is 6.42 Å². The van der Waals surface area contributed by atoms with Crippen LogP contribution in [0.5, 0.6) is 0 Å². The molecule has 1 heterocycles. The van der Waals surface area contributed by atoms with Gasteiger partial charge < -0.3 is 0 Å². The minimum Gasteiger partial charge on any atom is -0.229 e. The zero-order valence-electron chi connectivity index (χ0n) is 3.85. The van der Waals surface area contributed by atoms with Gasteiger partial charge in [-0.2, -0.15) is 0 Å². The van der Waals surface area contributed by atoms with Crippen LogP contribution in [0.1, 0.15) is 6.42 Å². The third kappa shape index (κ3) is 1.16. The summed E-state index contributed by atoms with van der Waals surface area (Å²) < 4.78 is 20.7. The van der Waals surface area contributed by atoms with Crippen molar-refractivity contribution in [2.45, 2.75) is 6.42 Å². The van der Waals surface area contributed by atoms with Gasteiger partial charge in [0.2, 0.25) is 0 Å². The molecule has 1 saturated heterocycles. The van der Waals surface area contributed by atoms with E-state index in [1.165, 1.54) is 0 Å². The second kappa shape index (κ2) is 1.47. The summed E-state index contributed by atoms with van der Waals surface area (Å²) in [5.41, 5.74) is 0. The Bertz CT molecular complexity index is 133. The van der Waals surface area contributed by atoms with Crippen LogP contribution < -0.4 is 0 Å². The molecule has 3 heteroatoms. The van der Waals surface area contributed by atoms with Crippen molar-refractivity contribution in [3.8, 4) is 0 Å².